The van der Waals surface area contributed by atoms with E-state index in [1.807, 2.05) is 37.3 Å². The second-order valence-corrected chi connectivity index (χ2v) is 4.86. The van der Waals surface area contributed by atoms with Crippen molar-refractivity contribution in [2.24, 2.45) is 5.73 Å². The number of nitrogens with zero attached hydrogens (tertiary/aromatic N) is 1. The van der Waals surface area contributed by atoms with Gasteiger partial charge in [0.15, 0.2) is 0 Å². The van der Waals surface area contributed by atoms with Gasteiger partial charge in [-0.1, -0.05) is 18.2 Å². The van der Waals surface area contributed by atoms with Crippen molar-refractivity contribution in [2.45, 2.75) is 20.0 Å². The first-order valence-electron chi connectivity index (χ1n) is 7.36. The molecule has 118 valence electrons. The standard InChI is InChI=1S/C17H22N2O3/c1-3-22-15-6-4-5-13(11-15)16-8-7-14(12-18)17(20)19(16)9-10-21-2/h4-8,11H,3,9-10,12,18H2,1-2H3. The average molecular weight is 302 g/mol. The molecular weight excluding hydrogens is 280 g/mol. The summed E-state index contributed by atoms with van der Waals surface area (Å²) in [6.07, 6.45) is 0. The summed E-state index contributed by atoms with van der Waals surface area (Å²) in [5.74, 6) is 0.786. The van der Waals surface area contributed by atoms with E-state index in [-0.39, 0.29) is 12.1 Å². The lowest BCUT2D eigenvalue weighted by molar-refractivity contribution is 0.186. The number of methoxy groups -OCH3 is 1. The van der Waals surface area contributed by atoms with Gasteiger partial charge in [-0.15, -0.1) is 0 Å². The van der Waals surface area contributed by atoms with E-state index in [0.29, 0.717) is 25.3 Å². The molecule has 0 atom stereocenters. The van der Waals surface area contributed by atoms with Crippen LogP contribution in [-0.4, -0.2) is 24.9 Å². The van der Waals surface area contributed by atoms with Gasteiger partial charge in [0, 0.05) is 31.3 Å². The van der Waals surface area contributed by atoms with Gasteiger partial charge < -0.3 is 19.8 Å². The molecule has 0 fully saturated rings. The molecule has 1 heterocycles. The summed E-state index contributed by atoms with van der Waals surface area (Å²) >= 11 is 0. The summed E-state index contributed by atoms with van der Waals surface area (Å²) in [5, 5.41) is 0. The summed E-state index contributed by atoms with van der Waals surface area (Å²) in [6.45, 7) is 3.72. The van der Waals surface area contributed by atoms with Crippen molar-refractivity contribution in [3.63, 3.8) is 0 Å². The fraction of sp³-hybridized carbons (Fsp3) is 0.353. The minimum absolute atomic E-state index is 0.0705. The van der Waals surface area contributed by atoms with Crippen LogP contribution in [0.3, 0.4) is 0 Å². The van der Waals surface area contributed by atoms with E-state index < -0.39 is 0 Å². The predicted molar refractivity (Wildman–Crippen MR) is 87.1 cm³/mol. The Bertz CT molecular complexity index is 680. The van der Waals surface area contributed by atoms with E-state index >= 15 is 0 Å². The quantitative estimate of drug-likeness (QED) is 0.849. The molecule has 5 nitrogen and oxygen atoms in total. The Hall–Kier alpha value is -2.11. The van der Waals surface area contributed by atoms with Crippen molar-refractivity contribution in [2.75, 3.05) is 20.3 Å². The molecule has 5 heteroatoms. The molecule has 0 amide bonds. The van der Waals surface area contributed by atoms with Crippen molar-refractivity contribution in [1.82, 2.24) is 4.57 Å². The molecular formula is C17H22N2O3. The molecule has 1 aromatic heterocycles. The minimum atomic E-state index is -0.0705. The van der Waals surface area contributed by atoms with Crippen LogP contribution in [0.5, 0.6) is 5.75 Å². The zero-order valence-corrected chi connectivity index (χ0v) is 13.0. The second-order valence-electron chi connectivity index (χ2n) is 4.86. The maximum atomic E-state index is 12.5. The molecule has 2 N–H and O–H groups in total. The van der Waals surface area contributed by atoms with Gasteiger partial charge in [-0.25, -0.2) is 0 Å². The van der Waals surface area contributed by atoms with Crippen LogP contribution in [0.15, 0.2) is 41.2 Å². The van der Waals surface area contributed by atoms with Crippen LogP contribution in [0, 0.1) is 0 Å². The van der Waals surface area contributed by atoms with Crippen LogP contribution < -0.4 is 16.0 Å². The van der Waals surface area contributed by atoms with Crippen LogP contribution in [0.2, 0.25) is 0 Å². The number of hydrogen-bond acceptors (Lipinski definition) is 4. The van der Waals surface area contributed by atoms with Crippen LogP contribution >= 0.6 is 0 Å². The van der Waals surface area contributed by atoms with Crippen molar-refractivity contribution < 1.29 is 9.47 Å². The van der Waals surface area contributed by atoms with Gasteiger partial charge in [-0.05, 0) is 25.1 Å². The fourth-order valence-corrected chi connectivity index (χ4v) is 2.35. The Morgan fingerprint density at radius 2 is 2.05 bits per heavy atom. The molecule has 0 saturated carbocycles. The molecule has 0 aliphatic carbocycles. The maximum absolute atomic E-state index is 12.5. The van der Waals surface area contributed by atoms with Crippen molar-refractivity contribution in [3.8, 4) is 17.0 Å². The number of aromatic nitrogens is 1. The monoisotopic (exact) mass is 302 g/mol. The van der Waals surface area contributed by atoms with Crippen LogP contribution in [0.25, 0.3) is 11.3 Å². The van der Waals surface area contributed by atoms with E-state index in [9.17, 15) is 4.79 Å². The highest BCUT2D eigenvalue weighted by Crippen LogP contribution is 2.23. The number of benzene rings is 1. The zero-order chi connectivity index (χ0) is 15.9. The molecule has 0 bridgehead atoms. The fourth-order valence-electron chi connectivity index (χ4n) is 2.35. The summed E-state index contributed by atoms with van der Waals surface area (Å²) in [4.78, 5) is 12.5. The molecule has 0 unspecified atom stereocenters. The van der Waals surface area contributed by atoms with Gasteiger partial charge in [-0.3, -0.25) is 4.79 Å². The van der Waals surface area contributed by atoms with Crippen molar-refractivity contribution in [1.29, 1.82) is 0 Å². The van der Waals surface area contributed by atoms with E-state index in [1.165, 1.54) is 0 Å². The molecule has 22 heavy (non-hydrogen) atoms. The lowest BCUT2D eigenvalue weighted by Crippen LogP contribution is -2.28. The van der Waals surface area contributed by atoms with E-state index in [2.05, 4.69) is 0 Å². The summed E-state index contributed by atoms with van der Waals surface area (Å²) < 4.78 is 12.3. The third-order valence-corrected chi connectivity index (χ3v) is 3.43. The van der Waals surface area contributed by atoms with Crippen LogP contribution in [0.4, 0.5) is 0 Å². The third kappa shape index (κ3) is 3.55. The first kappa shape index (κ1) is 16.3. The number of ether oxygens (including phenoxy) is 2. The lowest BCUT2D eigenvalue weighted by Gasteiger charge is -2.15. The second kappa shape index (κ2) is 7.77. The van der Waals surface area contributed by atoms with Gasteiger partial charge in [0.2, 0.25) is 0 Å². The van der Waals surface area contributed by atoms with E-state index in [0.717, 1.165) is 17.0 Å². The highest BCUT2D eigenvalue weighted by molar-refractivity contribution is 5.62. The number of nitrogens with two attached hydrogens (primary N) is 1. The highest BCUT2D eigenvalue weighted by atomic mass is 16.5. The average Bonchev–Trinajstić information content (AvgIpc) is 2.54. The Morgan fingerprint density at radius 3 is 2.73 bits per heavy atom. The smallest absolute Gasteiger partial charge is 0.255 e. The van der Waals surface area contributed by atoms with Crippen molar-refractivity contribution in [3.05, 3.63) is 52.3 Å². The lowest BCUT2D eigenvalue weighted by atomic mass is 10.1. The molecule has 2 rings (SSSR count). The van der Waals surface area contributed by atoms with Crippen LogP contribution in [-0.2, 0) is 17.8 Å². The largest absolute Gasteiger partial charge is 0.494 e. The van der Waals surface area contributed by atoms with Crippen molar-refractivity contribution >= 4 is 0 Å². The summed E-state index contributed by atoms with van der Waals surface area (Å²) in [6, 6.07) is 11.4. The molecule has 0 radical (unpaired) electrons. The van der Waals surface area contributed by atoms with Crippen LogP contribution in [0.1, 0.15) is 12.5 Å². The molecule has 0 aliphatic rings. The van der Waals surface area contributed by atoms with Gasteiger partial charge in [-0.2, -0.15) is 0 Å². The minimum Gasteiger partial charge on any atom is -0.494 e. The normalized spacial score (nSPS) is 10.7. The molecule has 1 aromatic carbocycles. The highest BCUT2D eigenvalue weighted by Gasteiger charge is 2.10. The van der Waals surface area contributed by atoms with E-state index in [1.54, 1.807) is 17.7 Å². The number of hydrogen-bond donors (Lipinski definition) is 1. The maximum Gasteiger partial charge on any atom is 0.255 e. The molecule has 0 aliphatic heterocycles. The molecule has 2 aromatic rings. The third-order valence-electron chi connectivity index (χ3n) is 3.43. The van der Waals surface area contributed by atoms with Gasteiger partial charge in [0.05, 0.1) is 18.9 Å². The Balaban J connectivity index is 2.51. The molecule has 0 saturated heterocycles. The SMILES string of the molecule is CCOc1cccc(-c2ccc(CN)c(=O)n2CCOC)c1. The summed E-state index contributed by atoms with van der Waals surface area (Å²) in [7, 11) is 1.62. The zero-order valence-electron chi connectivity index (χ0n) is 13.0. The first-order valence-corrected chi connectivity index (χ1v) is 7.36. The Labute approximate surface area is 130 Å². The Morgan fingerprint density at radius 1 is 1.23 bits per heavy atom. The molecule has 0 spiro atoms. The summed E-state index contributed by atoms with van der Waals surface area (Å²) in [5.41, 5.74) is 7.93. The van der Waals surface area contributed by atoms with Gasteiger partial charge in [0.1, 0.15) is 5.75 Å². The Kier molecular flexibility index (Phi) is 5.75. The topological polar surface area (TPSA) is 66.5 Å². The van der Waals surface area contributed by atoms with Gasteiger partial charge >= 0.3 is 0 Å². The van der Waals surface area contributed by atoms with E-state index in [4.69, 9.17) is 15.2 Å². The number of pyridine rings is 1. The first-order chi connectivity index (χ1) is 10.7. The predicted octanol–water partition coefficient (Wildman–Crippen LogP) is 2.02. The number of rotatable bonds is 7. The van der Waals surface area contributed by atoms with Gasteiger partial charge in [0.25, 0.3) is 5.56 Å².